The van der Waals surface area contributed by atoms with E-state index in [1.54, 1.807) is 0 Å². The first-order valence-electron chi connectivity index (χ1n) is 3.63. The molecule has 0 aliphatic heterocycles. The van der Waals surface area contributed by atoms with Crippen LogP contribution >= 0.6 is 11.6 Å². The van der Waals surface area contributed by atoms with Crippen molar-refractivity contribution in [2.75, 3.05) is 0 Å². The van der Waals surface area contributed by atoms with Crippen LogP contribution in [0.5, 0.6) is 0 Å². The Morgan fingerprint density at radius 1 is 1.71 bits per heavy atom. The van der Waals surface area contributed by atoms with E-state index in [-0.39, 0.29) is 23.1 Å². The van der Waals surface area contributed by atoms with Crippen molar-refractivity contribution in [2.24, 2.45) is 5.73 Å². The molecule has 1 aromatic heterocycles. The van der Waals surface area contributed by atoms with Crippen LogP contribution in [-0.4, -0.2) is 15.7 Å². The minimum absolute atomic E-state index is 0.0672. The lowest BCUT2D eigenvalue weighted by Gasteiger charge is -1.99. The first-order chi connectivity index (χ1) is 6.50. The number of aromatic nitrogens is 1. The number of halogens is 1. The SMILES string of the molecule is N=C(N)Cc1ccc([N+](=O)[O-])c(Cl)n1. The summed E-state index contributed by atoms with van der Waals surface area (Å²) in [5, 5.41) is 17.2. The zero-order valence-electron chi connectivity index (χ0n) is 7.03. The molecule has 7 heteroatoms. The third-order valence-electron chi connectivity index (χ3n) is 1.45. The van der Waals surface area contributed by atoms with Gasteiger partial charge < -0.3 is 5.73 Å². The lowest BCUT2D eigenvalue weighted by atomic mass is 10.2. The molecule has 0 unspecified atom stereocenters. The molecule has 0 spiro atoms. The highest BCUT2D eigenvalue weighted by Crippen LogP contribution is 2.21. The monoisotopic (exact) mass is 214 g/mol. The van der Waals surface area contributed by atoms with Crippen molar-refractivity contribution < 1.29 is 4.92 Å². The van der Waals surface area contributed by atoms with Gasteiger partial charge in [0.05, 0.1) is 16.5 Å². The van der Waals surface area contributed by atoms with Gasteiger partial charge in [0, 0.05) is 12.5 Å². The maximum absolute atomic E-state index is 10.4. The number of hydrogen-bond acceptors (Lipinski definition) is 4. The van der Waals surface area contributed by atoms with Gasteiger partial charge in [0.2, 0.25) is 5.15 Å². The number of nitrogens with zero attached hydrogens (tertiary/aromatic N) is 2. The number of amidine groups is 1. The number of nitrogens with two attached hydrogens (primary N) is 1. The van der Waals surface area contributed by atoms with Crippen LogP contribution in [0.2, 0.25) is 5.15 Å². The molecule has 0 saturated heterocycles. The van der Waals surface area contributed by atoms with Crippen molar-refractivity contribution in [1.29, 1.82) is 5.41 Å². The smallest absolute Gasteiger partial charge is 0.306 e. The van der Waals surface area contributed by atoms with Crippen molar-refractivity contribution in [3.8, 4) is 0 Å². The summed E-state index contributed by atoms with van der Waals surface area (Å²) < 4.78 is 0. The molecular weight excluding hydrogens is 208 g/mol. The second-order valence-corrected chi connectivity index (χ2v) is 2.93. The van der Waals surface area contributed by atoms with Crippen LogP contribution in [0.25, 0.3) is 0 Å². The molecule has 0 saturated carbocycles. The van der Waals surface area contributed by atoms with E-state index >= 15 is 0 Å². The Balaban J connectivity index is 3.00. The first-order valence-corrected chi connectivity index (χ1v) is 4.01. The normalized spacial score (nSPS) is 9.79. The summed E-state index contributed by atoms with van der Waals surface area (Å²) in [6, 6.07) is 2.67. The largest absolute Gasteiger partial charge is 0.387 e. The van der Waals surface area contributed by atoms with Gasteiger partial charge in [-0.1, -0.05) is 11.6 Å². The molecule has 0 radical (unpaired) electrons. The summed E-state index contributed by atoms with van der Waals surface area (Å²) in [7, 11) is 0. The Morgan fingerprint density at radius 3 is 2.79 bits per heavy atom. The van der Waals surface area contributed by atoms with E-state index in [0.29, 0.717) is 5.69 Å². The molecule has 0 fully saturated rings. The van der Waals surface area contributed by atoms with E-state index in [1.807, 2.05) is 0 Å². The van der Waals surface area contributed by atoms with E-state index < -0.39 is 4.92 Å². The quantitative estimate of drug-likeness (QED) is 0.259. The Hall–Kier alpha value is -1.69. The number of nitro groups is 1. The Bertz CT molecular complexity index is 393. The Morgan fingerprint density at radius 2 is 2.36 bits per heavy atom. The van der Waals surface area contributed by atoms with Gasteiger partial charge in [0.1, 0.15) is 0 Å². The zero-order chi connectivity index (χ0) is 10.7. The molecule has 1 aromatic rings. The third-order valence-corrected chi connectivity index (χ3v) is 1.73. The summed E-state index contributed by atoms with van der Waals surface area (Å²) >= 11 is 5.54. The molecule has 0 aliphatic rings. The molecule has 0 amide bonds. The van der Waals surface area contributed by atoms with Crippen molar-refractivity contribution in [3.63, 3.8) is 0 Å². The van der Waals surface area contributed by atoms with E-state index in [9.17, 15) is 10.1 Å². The average molecular weight is 215 g/mol. The topological polar surface area (TPSA) is 106 Å². The van der Waals surface area contributed by atoms with Crippen molar-refractivity contribution in [3.05, 3.63) is 33.1 Å². The second-order valence-electron chi connectivity index (χ2n) is 2.57. The molecule has 14 heavy (non-hydrogen) atoms. The lowest BCUT2D eigenvalue weighted by Crippen LogP contribution is -2.13. The van der Waals surface area contributed by atoms with Crippen LogP contribution in [0.4, 0.5) is 5.69 Å². The van der Waals surface area contributed by atoms with Crippen LogP contribution < -0.4 is 5.73 Å². The van der Waals surface area contributed by atoms with Gasteiger partial charge in [0.15, 0.2) is 0 Å². The van der Waals surface area contributed by atoms with Crippen LogP contribution in [-0.2, 0) is 6.42 Å². The number of nitrogens with one attached hydrogen (secondary N) is 1. The molecule has 0 aliphatic carbocycles. The van der Waals surface area contributed by atoms with Crippen molar-refractivity contribution in [2.45, 2.75) is 6.42 Å². The average Bonchev–Trinajstić information content (AvgIpc) is 2.01. The van der Waals surface area contributed by atoms with Crippen molar-refractivity contribution in [1.82, 2.24) is 4.98 Å². The Kier molecular flexibility index (Phi) is 2.98. The van der Waals surface area contributed by atoms with Gasteiger partial charge in [-0.25, -0.2) is 4.98 Å². The predicted octanol–water partition coefficient (Wildman–Crippen LogP) is 1.12. The molecule has 1 heterocycles. The first kappa shape index (κ1) is 10.4. The predicted molar refractivity (Wildman–Crippen MR) is 51.5 cm³/mol. The molecule has 1 rings (SSSR count). The van der Waals surface area contributed by atoms with Crippen molar-refractivity contribution >= 4 is 23.1 Å². The maximum atomic E-state index is 10.4. The van der Waals surface area contributed by atoms with E-state index in [0.717, 1.165) is 0 Å². The summed E-state index contributed by atoms with van der Waals surface area (Å²) in [5.41, 5.74) is 5.33. The molecule has 0 bridgehead atoms. The molecular formula is C7H7ClN4O2. The minimum Gasteiger partial charge on any atom is -0.387 e. The van der Waals surface area contributed by atoms with Gasteiger partial charge in [-0.05, 0) is 6.07 Å². The molecule has 3 N–H and O–H groups in total. The standard InChI is InChI=1S/C7H7ClN4O2/c8-7-5(12(13)14)2-1-4(11-7)3-6(9)10/h1-2H,3H2,(H3,9,10). The summed E-state index contributed by atoms with van der Waals surface area (Å²) in [6.45, 7) is 0. The molecule has 0 atom stereocenters. The number of pyridine rings is 1. The van der Waals surface area contributed by atoms with Crippen LogP contribution in [0.1, 0.15) is 5.69 Å². The van der Waals surface area contributed by atoms with Gasteiger partial charge in [-0.15, -0.1) is 0 Å². The fourth-order valence-corrected chi connectivity index (χ4v) is 1.13. The van der Waals surface area contributed by atoms with Crippen LogP contribution in [0, 0.1) is 15.5 Å². The molecule has 6 nitrogen and oxygen atoms in total. The zero-order valence-corrected chi connectivity index (χ0v) is 7.78. The maximum Gasteiger partial charge on any atom is 0.306 e. The lowest BCUT2D eigenvalue weighted by molar-refractivity contribution is -0.385. The summed E-state index contributed by atoms with van der Waals surface area (Å²) in [6.07, 6.45) is 0.137. The molecule has 0 aromatic carbocycles. The van der Waals surface area contributed by atoms with Crippen LogP contribution in [0.15, 0.2) is 12.1 Å². The van der Waals surface area contributed by atoms with Gasteiger partial charge in [0.25, 0.3) is 0 Å². The highest BCUT2D eigenvalue weighted by atomic mass is 35.5. The van der Waals surface area contributed by atoms with Gasteiger partial charge in [-0.2, -0.15) is 0 Å². The Labute approximate surface area is 84.4 Å². The van der Waals surface area contributed by atoms with E-state index in [2.05, 4.69) is 4.98 Å². The highest BCUT2D eigenvalue weighted by Gasteiger charge is 2.13. The minimum atomic E-state index is -0.618. The fourth-order valence-electron chi connectivity index (χ4n) is 0.894. The number of hydrogen-bond donors (Lipinski definition) is 2. The summed E-state index contributed by atoms with van der Waals surface area (Å²) in [5.74, 6) is -0.0672. The second kappa shape index (κ2) is 4.01. The third kappa shape index (κ3) is 2.40. The highest BCUT2D eigenvalue weighted by molar-refractivity contribution is 6.31. The van der Waals surface area contributed by atoms with E-state index in [4.69, 9.17) is 22.7 Å². The van der Waals surface area contributed by atoms with Crippen LogP contribution in [0.3, 0.4) is 0 Å². The van der Waals surface area contributed by atoms with Gasteiger partial charge in [-0.3, -0.25) is 15.5 Å². The van der Waals surface area contributed by atoms with E-state index in [1.165, 1.54) is 12.1 Å². The van der Waals surface area contributed by atoms with Gasteiger partial charge >= 0.3 is 5.69 Å². The molecule has 74 valence electrons. The number of rotatable bonds is 3. The fraction of sp³-hybridized carbons (Fsp3) is 0.143. The summed E-state index contributed by atoms with van der Waals surface area (Å²) in [4.78, 5) is 13.5.